The van der Waals surface area contributed by atoms with Gasteiger partial charge in [0.15, 0.2) is 0 Å². The van der Waals surface area contributed by atoms with Gasteiger partial charge in [-0.15, -0.1) is 10.2 Å². The molecule has 3 atom stereocenters. The molecule has 0 saturated carbocycles. The van der Waals surface area contributed by atoms with Crippen LogP contribution in [0.15, 0.2) is 60.9 Å². The highest BCUT2D eigenvalue weighted by atomic mass is 15.3. The summed E-state index contributed by atoms with van der Waals surface area (Å²) in [4.78, 5) is 7.78. The van der Waals surface area contributed by atoms with Gasteiger partial charge >= 0.3 is 0 Å². The van der Waals surface area contributed by atoms with Crippen LogP contribution in [-0.2, 0) is 13.1 Å². The van der Waals surface area contributed by atoms with E-state index in [0.717, 1.165) is 58.2 Å². The second-order valence-corrected chi connectivity index (χ2v) is 11.2. The Labute approximate surface area is 221 Å². The van der Waals surface area contributed by atoms with Gasteiger partial charge in [-0.3, -0.25) is 9.80 Å². The minimum atomic E-state index is 0.215. The molecule has 4 heterocycles. The third-order valence-electron chi connectivity index (χ3n) is 8.69. The van der Waals surface area contributed by atoms with E-state index >= 15 is 0 Å². The van der Waals surface area contributed by atoms with Crippen LogP contribution in [-0.4, -0.2) is 94.4 Å². The quantitative estimate of drug-likeness (QED) is 0.514. The maximum Gasteiger partial charge on any atom is 0.142 e. The fourth-order valence-electron chi connectivity index (χ4n) is 6.59. The van der Waals surface area contributed by atoms with E-state index in [0.29, 0.717) is 12.1 Å². The second-order valence-electron chi connectivity index (χ2n) is 11.2. The van der Waals surface area contributed by atoms with Crippen molar-refractivity contribution in [2.45, 2.75) is 50.4 Å². The van der Waals surface area contributed by atoms with Gasteiger partial charge in [-0.2, -0.15) is 0 Å². The molecule has 6 rings (SSSR count). The average molecular weight is 500 g/mol. The van der Waals surface area contributed by atoms with Gasteiger partial charge in [0.25, 0.3) is 0 Å². The van der Waals surface area contributed by atoms with E-state index in [2.05, 4.69) is 91.3 Å². The molecule has 3 aliphatic heterocycles. The maximum atomic E-state index is 4.78. The summed E-state index contributed by atoms with van der Waals surface area (Å²) >= 11 is 0. The van der Waals surface area contributed by atoms with Crippen LogP contribution in [0, 0.1) is 0 Å². The first-order chi connectivity index (χ1) is 18.2. The summed E-state index contributed by atoms with van der Waals surface area (Å²) in [6.07, 6.45) is 5.63. The summed E-state index contributed by atoms with van der Waals surface area (Å²) in [5, 5.41) is 12.8. The first-order valence-corrected chi connectivity index (χ1v) is 14.1. The van der Waals surface area contributed by atoms with E-state index in [-0.39, 0.29) is 5.92 Å². The molecule has 0 bridgehead atoms. The van der Waals surface area contributed by atoms with Gasteiger partial charge < -0.3 is 14.8 Å². The molecule has 3 aliphatic rings. The lowest BCUT2D eigenvalue weighted by Crippen LogP contribution is -2.44. The average Bonchev–Trinajstić information content (AvgIpc) is 3.70. The SMILES string of the molecule is CN1CCN(Cc2ccc(C(c3nncn3Cc3ccccc3)C3CCCN3C3CCNC3)cc2)CC1. The Morgan fingerprint density at radius 1 is 0.892 bits per heavy atom. The van der Waals surface area contributed by atoms with Crippen LogP contribution in [0.25, 0.3) is 0 Å². The van der Waals surface area contributed by atoms with Crippen molar-refractivity contribution in [3.63, 3.8) is 0 Å². The molecule has 2 aromatic carbocycles. The summed E-state index contributed by atoms with van der Waals surface area (Å²) in [7, 11) is 2.22. The van der Waals surface area contributed by atoms with Crippen molar-refractivity contribution < 1.29 is 0 Å². The van der Waals surface area contributed by atoms with Crippen molar-refractivity contribution in [3.05, 3.63) is 83.4 Å². The lowest BCUT2D eigenvalue weighted by Gasteiger charge is -2.35. The van der Waals surface area contributed by atoms with E-state index < -0.39 is 0 Å². The number of benzene rings is 2. The Morgan fingerprint density at radius 3 is 2.43 bits per heavy atom. The van der Waals surface area contributed by atoms with E-state index in [1.165, 1.54) is 42.5 Å². The zero-order valence-electron chi connectivity index (χ0n) is 22.2. The zero-order valence-corrected chi connectivity index (χ0v) is 22.2. The van der Waals surface area contributed by atoms with Crippen LogP contribution in [0.4, 0.5) is 0 Å². The van der Waals surface area contributed by atoms with Crippen LogP contribution in [0.1, 0.15) is 47.7 Å². The van der Waals surface area contributed by atoms with Gasteiger partial charge in [0.2, 0.25) is 0 Å². The lowest BCUT2D eigenvalue weighted by molar-refractivity contribution is 0.148. The highest BCUT2D eigenvalue weighted by Crippen LogP contribution is 2.38. The molecule has 1 aromatic heterocycles. The lowest BCUT2D eigenvalue weighted by atomic mass is 9.87. The molecule has 0 amide bonds. The van der Waals surface area contributed by atoms with Gasteiger partial charge in [-0.1, -0.05) is 54.6 Å². The third-order valence-corrected chi connectivity index (χ3v) is 8.69. The number of hydrogen-bond donors (Lipinski definition) is 1. The van der Waals surface area contributed by atoms with Gasteiger partial charge in [0.1, 0.15) is 12.2 Å². The van der Waals surface area contributed by atoms with Crippen LogP contribution < -0.4 is 5.32 Å². The molecule has 3 saturated heterocycles. The van der Waals surface area contributed by atoms with E-state index in [9.17, 15) is 0 Å². The Kier molecular flexibility index (Phi) is 7.65. The minimum absolute atomic E-state index is 0.215. The zero-order chi connectivity index (χ0) is 25.0. The molecule has 3 unspecified atom stereocenters. The van der Waals surface area contributed by atoms with Crippen molar-refractivity contribution in [1.82, 2.24) is 34.8 Å². The molecular weight excluding hydrogens is 458 g/mol. The fourth-order valence-corrected chi connectivity index (χ4v) is 6.59. The van der Waals surface area contributed by atoms with Gasteiger partial charge in [0.05, 0.1) is 12.5 Å². The van der Waals surface area contributed by atoms with Gasteiger partial charge in [-0.25, -0.2) is 0 Å². The number of nitrogens with one attached hydrogen (secondary N) is 1. The Morgan fingerprint density at radius 2 is 1.68 bits per heavy atom. The highest BCUT2D eigenvalue weighted by Gasteiger charge is 2.40. The number of aromatic nitrogens is 3. The molecule has 3 aromatic rings. The van der Waals surface area contributed by atoms with Crippen molar-refractivity contribution in [1.29, 1.82) is 0 Å². The van der Waals surface area contributed by atoms with Crippen LogP contribution in [0.2, 0.25) is 0 Å². The molecular formula is C30H41N7. The Hall–Kier alpha value is -2.58. The minimum Gasteiger partial charge on any atom is -0.315 e. The predicted octanol–water partition coefficient (Wildman–Crippen LogP) is 3.03. The molecule has 7 nitrogen and oxygen atoms in total. The number of rotatable bonds is 8. The Bertz CT molecular complexity index is 1110. The summed E-state index contributed by atoms with van der Waals surface area (Å²) in [6.45, 7) is 9.86. The molecule has 37 heavy (non-hydrogen) atoms. The van der Waals surface area contributed by atoms with E-state index in [1.54, 1.807) is 0 Å². The van der Waals surface area contributed by atoms with Crippen molar-refractivity contribution >= 4 is 0 Å². The molecule has 0 aliphatic carbocycles. The van der Waals surface area contributed by atoms with Gasteiger partial charge in [-0.05, 0) is 56.1 Å². The normalized spacial score (nSPS) is 24.6. The summed E-state index contributed by atoms with van der Waals surface area (Å²) < 4.78 is 2.28. The largest absolute Gasteiger partial charge is 0.315 e. The topological polar surface area (TPSA) is 52.5 Å². The van der Waals surface area contributed by atoms with Crippen molar-refractivity contribution in [2.75, 3.05) is 52.9 Å². The summed E-state index contributed by atoms with van der Waals surface area (Å²) in [5.74, 6) is 1.31. The number of nitrogens with zero attached hydrogens (tertiary/aromatic N) is 6. The van der Waals surface area contributed by atoms with Crippen LogP contribution >= 0.6 is 0 Å². The molecule has 0 radical (unpaired) electrons. The van der Waals surface area contributed by atoms with E-state index in [1.807, 2.05) is 6.33 Å². The first kappa shape index (κ1) is 24.7. The van der Waals surface area contributed by atoms with Gasteiger partial charge in [0, 0.05) is 51.4 Å². The maximum absolute atomic E-state index is 4.78. The summed E-state index contributed by atoms with van der Waals surface area (Å²) in [6, 6.07) is 21.2. The molecule has 0 spiro atoms. The van der Waals surface area contributed by atoms with E-state index in [4.69, 9.17) is 5.10 Å². The predicted molar refractivity (Wildman–Crippen MR) is 148 cm³/mol. The van der Waals surface area contributed by atoms with Crippen molar-refractivity contribution in [2.24, 2.45) is 0 Å². The molecule has 1 N–H and O–H groups in total. The highest BCUT2D eigenvalue weighted by molar-refractivity contribution is 5.32. The number of likely N-dealkylation sites (N-methyl/N-ethyl adjacent to an activating group) is 1. The summed E-state index contributed by atoms with van der Waals surface area (Å²) in [5.41, 5.74) is 4.06. The monoisotopic (exact) mass is 499 g/mol. The molecule has 3 fully saturated rings. The number of likely N-dealkylation sites (tertiary alicyclic amines) is 1. The third kappa shape index (κ3) is 5.65. The van der Waals surface area contributed by atoms with Crippen LogP contribution in [0.5, 0.6) is 0 Å². The molecule has 7 heteroatoms. The Balaban J connectivity index is 1.29. The second kappa shape index (κ2) is 11.4. The smallest absolute Gasteiger partial charge is 0.142 e. The standard InChI is InChI=1S/C30H41N7/c1-34-16-18-35(19-17-34)21-25-9-11-26(12-10-25)29(28-8-5-15-37(28)27-13-14-31-20-27)30-33-32-23-36(30)22-24-6-3-2-4-7-24/h2-4,6-7,9-12,23,27-29,31H,5,8,13-22H2,1H3. The van der Waals surface area contributed by atoms with Crippen molar-refractivity contribution in [3.8, 4) is 0 Å². The number of hydrogen-bond acceptors (Lipinski definition) is 6. The first-order valence-electron chi connectivity index (χ1n) is 14.1. The number of piperazine rings is 1. The van der Waals surface area contributed by atoms with Crippen LogP contribution in [0.3, 0.4) is 0 Å². The fraction of sp³-hybridized carbons (Fsp3) is 0.533. The molecule has 196 valence electrons.